The van der Waals surface area contributed by atoms with Gasteiger partial charge in [0.25, 0.3) is 5.56 Å². The van der Waals surface area contributed by atoms with E-state index in [9.17, 15) is 9.90 Å². The first kappa shape index (κ1) is 18.4. The molecule has 2 aromatic rings. The topological polar surface area (TPSA) is 79.7 Å². The van der Waals surface area contributed by atoms with Crippen molar-refractivity contribution < 1.29 is 14.7 Å². The van der Waals surface area contributed by atoms with Crippen LogP contribution in [0.2, 0.25) is 0 Å². The zero-order chi connectivity index (χ0) is 18.7. The molecule has 0 fully saturated rings. The van der Waals surface area contributed by atoms with Gasteiger partial charge in [0.05, 0.1) is 24.9 Å². The standard InChI is InChI=1S/C20H25N3O3/c1-4-20(2,25)13-23-10-9-17-16(12-23)19(24)22-18(21-17)11-14-5-7-15(26-3)8-6-14/h4-8,25H,1,9-13H2,2-3H3,(H,21,22,24)/p+1/t20-/m1/s1. The van der Waals surface area contributed by atoms with Gasteiger partial charge in [0.2, 0.25) is 0 Å². The monoisotopic (exact) mass is 356 g/mol. The Morgan fingerprint density at radius 3 is 2.81 bits per heavy atom. The third kappa shape index (κ3) is 4.20. The predicted molar refractivity (Wildman–Crippen MR) is 99.6 cm³/mol. The third-order valence-corrected chi connectivity index (χ3v) is 4.87. The van der Waals surface area contributed by atoms with Crippen molar-refractivity contribution in [2.75, 3.05) is 20.2 Å². The van der Waals surface area contributed by atoms with Gasteiger partial charge in [0.15, 0.2) is 0 Å². The molecule has 0 saturated heterocycles. The van der Waals surface area contributed by atoms with Crippen molar-refractivity contribution in [1.29, 1.82) is 0 Å². The first-order chi connectivity index (χ1) is 12.4. The molecule has 138 valence electrons. The summed E-state index contributed by atoms with van der Waals surface area (Å²) in [6, 6.07) is 7.75. The third-order valence-electron chi connectivity index (χ3n) is 4.87. The Morgan fingerprint density at radius 1 is 1.42 bits per heavy atom. The first-order valence-corrected chi connectivity index (χ1v) is 8.83. The summed E-state index contributed by atoms with van der Waals surface area (Å²) >= 11 is 0. The molecule has 3 rings (SSSR count). The fourth-order valence-corrected chi connectivity index (χ4v) is 3.37. The van der Waals surface area contributed by atoms with E-state index in [2.05, 4.69) is 16.5 Å². The van der Waals surface area contributed by atoms with Crippen LogP contribution in [0, 0.1) is 0 Å². The highest BCUT2D eigenvalue weighted by Gasteiger charge is 2.29. The minimum absolute atomic E-state index is 0.0750. The van der Waals surface area contributed by atoms with E-state index >= 15 is 0 Å². The summed E-state index contributed by atoms with van der Waals surface area (Å²) in [5, 5.41) is 10.2. The molecule has 1 aliphatic heterocycles. The van der Waals surface area contributed by atoms with E-state index in [1.165, 1.54) is 0 Å². The summed E-state index contributed by atoms with van der Waals surface area (Å²) in [6.45, 7) is 7.36. The van der Waals surface area contributed by atoms with Gasteiger partial charge in [0.1, 0.15) is 30.3 Å². The van der Waals surface area contributed by atoms with Crippen LogP contribution in [0.4, 0.5) is 0 Å². The number of quaternary nitrogens is 1. The Kier molecular flexibility index (Phi) is 5.25. The molecule has 0 bridgehead atoms. The van der Waals surface area contributed by atoms with Crippen LogP contribution in [-0.4, -0.2) is 40.9 Å². The van der Waals surface area contributed by atoms with Crippen molar-refractivity contribution in [2.24, 2.45) is 0 Å². The Hall–Kier alpha value is -2.44. The van der Waals surface area contributed by atoms with Gasteiger partial charge in [-0.25, -0.2) is 4.98 Å². The van der Waals surface area contributed by atoms with E-state index in [4.69, 9.17) is 4.74 Å². The number of fused-ring (bicyclic) bond motifs is 1. The van der Waals surface area contributed by atoms with E-state index in [1.54, 1.807) is 20.1 Å². The number of hydrogen-bond donors (Lipinski definition) is 3. The molecule has 2 atom stereocenters. The minimum Gasteiger partial charge on any atom is -0.497 e. The second-order valence-corrected chi connectivity index (χ2v) is 7.13. The normalized spacial score (nSPS) is 18.7. The van der Waals surface area contributed by atoms with Gasteiger partial charge in [0, 0.05) is 12.8 Å². The number of rotatable bonds is 6. The zero-order valence-electron chi connectivity index (χ0n) is 15.3. The number of nitrogens with zero attached hydrogens (tertiary/aromatic N) is 1. The second-order valence-electron chi connectivity index (χ2n) is 7.13. The van der Waals surface area contributed by atoms with Crippen molar-refractivity contribution in [2.45, 2.75) is 31.9 Å². The van der Waals surface area contributed by atoms with E-state index in [0.717, 1.165) is 40.4 Å². The van der Waals surface area contributed by atoms with Gasteiger partial charge < -0.3 is 19.7 Å². The number of ether oxygens (including phenoxy) is 1. The highest BCUT2D eigenvalue weighted by molar-refractivity contribution is 5.29. The van der Waals surface area contributed by atoms with Crippen molar-refractivity contribution in [3.8, 4) is 5.75 Å². The van der Waals surface area contributed by atoms with E-state index < -0.39 is 5.60 Å². The Morgan fingerprint density at radius 2 is 2.15 bits per heavy atom. The molecular weight excluding hydrogens is 330 g/mol. The number of aromatic amines is 1. The van der Waals surface area contributed by atoms with Crippen molar-refractivity contribution in [3.63, 3.8) is 0 Å². The van der Waals surface area contributed by atoms with E-state index in [0.29, 0.717) is 25.3 Å². The lowest BCUT2D eigenvalue weighted by Gasteiger charge is -2.29. The molecular formula is C20H26N3O3+. The Bertz CT molecular complexity index is 840. The van der Waals surface area contributed by atoms with Crippen LogP contribution in [0.1, 0.15) is 29.6 Å². The molecule has 26 heavy (non-hydrogen) atoms. The van der Waals surface area contributed by atoms with Gasteiger partial charge in [-0.3, -0.25) is 4.79 Å². The van der Waals surface area contributed by atoms with Crippen LogP contribution in [0.25, 0.3) is 0 Å². The molecule has 1 aromatic carbocycles. The van der Waals surface area contributed by atoms with Crippen molar-refractivity contribution >= 4 is 0 Å². The summed E-state index contributed by atoms with van der Waals surface area (Å²) in [5.74, 6) is 1.49. The van der Waals surface area contributed by atoms with Crippen LogP contribution in [0.15, 0.2) is 41.7 Å². The number of benzene rings is 1. The van der Waals surface area contributed by atoms with Crippen LogP contribution < -0.4 is 15.2 Å². The lowest BCUT2D eigenvalue weighted by Crippen LogP contribution is -3.13. The molecule has 6 nitrogen and oxygen atoms in total. The fraction of sp³-hybridized carbons (Fsp3) is 0.400. The highest BCUT2D eigenvalue weighted by atomic mass is 16.5. The van der Waals surface area contributed by atoms with Gasteiger partial charge >= 0.3 is 0 Å². The summed E-state index contributed by atoms with van der Waals surface area (Å²) in [5.41, 5.74) is 1.67. The van der Waals surface area contributed by atoms with Crippen molar-refractivity contribution in [3.05, 3.63) is 69.9 Å². The maximum Gasteiger partial charge on any atom is 0.260 e. The Labute approximate surface area is 153 Å². The van der Waals surface area contributed by atoms with Crippen molar-refractivity contribution in [1.82, 2.24) is 9.97 Å². The quantitative estimate of drug-likeness (QED) is 0.648. The molecule has 0 radical (unpaired) electrons. The lowest BCUT2D eigenvalue weighted by atomic mass is 10.0. The van der Waals surface area contributed by atoms with Crippen LogP contribution in [0.3, 0.4) is 0 Å². The lowest BCUT2D eigenvalue weighted by molar-refractivity contribution is -0.921. The predicted octanol–water partition coefficient (Wildman–Crippen LogP) is 0.247. The number of nitrogens with one attached hydrogen (secondary N) is 2. The van der Waals surface area contributed by atoms with Crippen LogP contribution in [-0.2, 0) is 19.4 Å². The summed E-state index contributed by atoms with van der Waals surface area (Å²) < 4.78 is 5.17. The van der Waals surface area contributed by atoms with Crippen LogP contribution in [0.5, 0.6) is 5.75 Å². The average Bonchev–Trinajstić information content (AvgIpc) is 2.63. The highest BCUT2D eigenvalue weighted by Crippen LogP contribution is 2.14. The Balaban J connectivity index is 1.76. The molecule has 2 heterocycles. The van der Waals surface area contributed by atoms with Gasteiger partial charge in [-0.15, -0.1) is 6.58 Å². The van der Waals surface area contributed by atoms with Crippen LogP contribution >= 0.6 is 0 Å². The van der Waals surface area contributed by atoms with Gasteiger partial charge in [-0.05, 0) is 24.6 Å². The SMILES string of the molecule is C=C[C@@](C)(O)C[NH+]1CCc2nc(Cc3ccc(OC)cc3)[nH]c(=O)c2C1. The largest absolute Gasteiger partial charge is 0.497 e. The molecule has 1 unspecified atom stereocenters. The minimum atomic E-state index is -0.929. The van der Waals surface area contributed by atoms with Gasteiger partial charge in [-0.1, -0.05) is 18.2 Å². The average molecular weight is 356 g/mol. The number of aliphatic hydroxyl groups is 1. The summed E-state index contributed by atoms with van der Waals surface area (Å²) in [6.07, 6.45) is 2.86. The molecule has 0 amide bonds. The molecule has 6 heteroatoms. The zero-order valence-corrected chi connectivity index (χ0v) is 15.3. The first-order valence-electron chi connectivity index (χ1n) is 8.83. The fourth-order valence-electron chi connectivity index (χ4n) is 3.37. The molecule has 1 aromatic heterocycles. The second kappa shape index (κ2) is 7.43. The molecule has 0 spiro atoms. The number of H-pyrrole nitrogens is 1. The maximum absolute atomic E-state index is 12.5. The molecule has 0 saturated carbocycles. The molecule has 3 N–H and O–H groups in total. The van der Waals surface area contributed by atoms with E-state index in [-0.39, 0.29) is 5.56 Å². The summed E-state index contributed by atoms with van der Waals surface area (Å²) in [4.78, 5) is 21.3. The van der Waals surface area contributed by atoms with Gasteiger partial charge in [-0.2, -0.15) is 0 Å². The summed E-state index contributed by atoms with van der Waals surface area (Å²) in [7, 11) is 1.64. The number of hydrogen-bond acceptors (Lipinski definition) is 4. The molecule has 1 aliphatic rings. The number of methoxy groups -OCH3 is 1. The molecule has 0 aliphatic carbocycles. The van der Waals surface area contributed by atoms with E-state index in [1.807, 2.05) is 24.3 Å². The number of aromatic nitrogens is 2. The maximum atomic E-state index is 12.5. The smallest absolute Gasteiger partial charge is 0.260 e.